The Balaban J connectivity index is 1.65. The van der Waals surface area contributed by atoms with Crippen molar-refractivity contribution in [3.05, 3.63) is 58.7 Å². The first-order valence-electron chi connectivity index (χ1n) is 12.7. The first-order valence-corrected chi connectivity index (χ1v) is 12.7. The van der Waals surface area contributed by atoms with Crippen molar-refractivity contribution in [3.63, 3.8) is 0 Å². The number of benzene rings is 2. The van der Waals surface area contributed by atoms with Crippen LogP contribution in [0.2, 0.25) is 0 Å². The molecule has 3 aliphatic rings. The van der Waals surface area contributed by atoms with E-state index in [1.54, 1.807) is 0 Å². The van der Waals surface area contributed by atoms with Crippen LogP contribution in [-0.4, -0.2) is 0 Å². The van der Waals surface area contributed by atoms with Gasteiger partial charge in [-0.25, -0.2) is 0 Å². The van der Waals surface area contributed by atoms with Crippen molar-refractivity contribution in [3.8, 4) is 23.3 Å². The summed E-state index contributed by atoms with van der Waals surface area (Å²) in [6.45, 7) is 4.53. The first-order chi connectivity index (χ1) is 15.6. The van der Waals surface area contributed by atoms with E-state index in [4.69, 9.17) is 0 Å². The summed E-state index contributed by atoms with van der Waals surface area (Å²) in [5, 5.41) is 20.2. The average molecular weight is 425 g/mol. The number of nitrogens with zero attached hydrogens (tertiary/aromatic N) is 2. The van der Waals surface area contributed by atoms with E-state index in [0.717, 1.165) is 23.1 Å². The highest BCUT2D eigenvalue weighted by Gasteiger charge is 2.49. The maximum atomic E-state index is 10.2. The highest BCUT2D eigenvalue weighted by molar-refractivity contribution is 5.75. The van der Waals surface area contributed by atoms with Gasteiger partial charge in [0.15, 0.2) is 0 Å². The summed E-state index contributed by atoms with van der Waals surface area (Å²) in [4.78, 5) is 0. The summed E-state index contributed by atoms with van der Waals surface area (Å²) in [6, 6.07) is 17.8. The summed E-state index contributed by atoms with van der Waals surface area (Å²) in [5.74, 6) is 0. The fraction of sp³-hybridized carbons (Fsp3) is 0.533. The maximum absolute atomic E-state index is 10.2. The minimum Gasteiger partial charge on any atom is -0.192 e. The molecule has 0 spiro atoms. The Morgan fingerprint density at radius 3 is 1.97 bits per heavy atom. The van der Waals surface area contributed by atoms with Crippen molar-refractivity contribution >= 4 is 0 Å². The molecule has 3 fully saturated rings. The van der Waals surface area contributed by atoms with Crippen LogP contribution >= 0.6 is 0 Å². The fourth-order valence-electron chi connectivity index (χ4n) is 6.52. The van der Waals surface area contributed by atoms with Crippen LogP contribution in [0.4, 0.5) is 0 Å². The lowest BCUT2D eigenvalue weighted by atomic mass is 9.50. The van der Waals surface area contributed by atoms with Crippen LogP contribution in [0.1, 0.15) is 107 Å². The molecular formula is C30H36N2. The van der Waals surface area contributed by atoms with Crippen LogP contribution in [0, 0.1) is 28.1 Å². The van der Waals surface area contributed by atoms with Gasteiger partial charge in [0.25, 0.3) is 0 Å². The van der Waals surface area contributed by atoms with Crippen LogP contribution < -0.4 is 0 Å². The highest BCUT2D eigenvalue weighted by Crippen LogP contribution is 2.60. The Hall–Kier alpha value is -2.58. The van der Waals surface area contributed by atoms with E-state index in [9.17, 15) is 10.5 Å². The molecule has 5 rings (SSSR count). The molecule has 3 aliphatic carbocycles. The van der Waals surface area contributed by atoms with Gasteiger partial charge in [-0.05, 0) is 85.3 Å². The van der Waals surface area contributed by atoms with Gasteiger partial charge in [0.2, 0.25) is 0 Å². The monoisotopic (exact) mass is 424 g/mol. The third-order valence-corrected chi connectivity index (χ3v) is 8.52. The molecule has 0 aromatic heterocycles. The number of unbranched alkanes of at least 4 members (excludes halogenated alkanes) is 2. The zero-order valence-corrected chi connectivity index (χ0v) is 19.8. The molecule has 2 aromatic carbocycles. The predicted octanol–water partition coefficient (Wildman–Crippen LogP) is 8.22. The van der Waals surface area contributed by atoms with Crippen LogP contribution in [-0.2, 0) is 11.8 Å². The van der Waals surface area contributed by atoms with Crippen molar-refractivity contribution in [2.45, 2.75) is 96.3 Å². The van der Waals surface area contributed by atoms with Crippen LogP contribution in [0.25, 0.3) is 11.1 Å². The Labute approximate surface area is 194 Å². The molecule has 2 bridgehead atoms. The van der Waals surface area contributed by atoms with Gasteiger partial charge in [-0.2, -0.15) is 10.5 Å². The lowest BCUT2D eigenvalue weighted by molar-refractivity contribution is 0.0319. The standard InChI is InChI=1S/C30H36N2/c1-3-5-6-7-23-8-10-24(11-9-23)25-12-13-28(27(22-32)26(25)21-31)30-18-15-29(14-4-2,16-19-30)17-20-30/h8-13H,3-7,14-20H2,1-2H3. The Morgan fingerprint density at radius 2 is 1.41 bits per heavy atom. The Bertz CT molecular complexity index is 1010. The van der Waals surface area contributed by atoms with E-state index in [1.165, 1.54) is 76.2 Å². The zero-order valence-electron chi connectivity index (χ0n) is 19.8. The SMILES string of the molecule is CCCCCc1ccc(-c2ccc(C34CCC(CCC)(CC3)CC4)c(C#N)c2C#N)cc1. The number of nitriles is 2. The predicted molar refractivity (Wildman–Crippen MR) is 131 cm³/mol. The lowest BCUT2D eigenvalue weighted by Crippen LogP contribution is -2.44. The zero-order chi connectivity index (χ0) is 22.6. The van der Waals surface area contributed by atoms with Crippen LogP contribution in [0.15, 0.2) is 36.4 Å². The summed E-state index contributed by atoms with van der Waals surface area (Å²) < 4.78 is 0. The van der Waals surface area contributed by atoms with Gasteiger partial charge >= 0.3 is 0 Å². The van der Waals surface area contributed by atoms with Gasteiger partial charge in [-0.15, -0.1) is 0 Å². The van der Waals surface area contributed by atoms with Gasteiger partial charge in [0, 0.05) is 5.56 Å². The van der Waals surface area contributed by atoms with E-state index < -0.39 is 0 Å². The van der Waals surface area contributed by atoms with Gasteiger partial charge in [-0.1, -0.05) is 69.5 Å². The topological polar surface area (TPSA) is 47.6 Å². The summed E-state index contributed by atoms with van der Waals surface area (Å²) in [6.07, 6.45) is 14.7. The molecule has 0 unspecified atom stereocenters. The molecule has 166 valence electrons. The minimum absolute atomic E-state index is 0.0911. The number of hydrogen-bond acceptors (Lipinski definition) is 2. The average Bonchev–Trinajstić information content (AvgIpc) is 2.85. The fourth-order valence-corrected chi connectivity index (χ4v) is 6.52. The third kappa shape index (κ3) is 4.09. The summed E-state index contributed by atoms with van der Waals surface area (Å²) >= 11 is 0. The van der Waals surface area contributed by atoms with Crippen molar-refractivity contribution in [2.24, 2.45) is 5.41 Å². The lowest BCUT2D eigenvalue weighted by Gasteiger charge is -2.54. The van der Waals surface area contributed by atoms with Gasteiger partial charge < -0.3 is 0 Å². The second kappa shape index (κ2) is 9.50. The van der Waals surface area contributed by atoms with Crippen LogP contribution in [0.3, 0.4) is 0 Å². The highest BCUT2D eigenvalue weighted by atomic mass is 14.5. The molecular weight excluding hydrogens is 388 g/mol. The first kappa shape index (κ1) is 22.6. The molecule has 0 atom stereocenters. The van der Waals surface area contributed by atoms with Crippen molar-refractivity contribution in [1.29, 1.82) is 10.5 Å². The molecule has 2 nitrogen and oxygen atoms in total. The number of aryl methyl sites for hydroxylation is 1. The molecule has 32 heavy (non-hydrogen) atoms. The summed E-state index contributed by atoms with van der Waals surface area (Å²) in [7, 11) is 0. The molecule has 0 aliphatic heterocycles. The Morgan fingerprint density at radius 1 is 0.750 bits per heavy atom. The largest absolute Gasteiger partial charge is 0.192 e. The number of fused-ring (bicyclic) bond motifs is 3. The van der Waals surface area contributed by atoms with E-state index in [0.29, 0.717) is 16.5 Å². The normalized spacial score (nSPS) is 24.1. The van der Waals surface area contributed by atoms with E-state index in [-0.39, 0.29) is 5.41 Å². The second-order valence-electron chi connectivity index (χ2n) is 10.3. The maximum Gasteiger partial charge on any atom is 0.101 e. The van der Waals surface area contributed by atoms with Crippen molar-refractivity contribution in [1.82, 2.24) is 0 Å². The molecule has 0 heterocycles. The smallest absolute Gasteiger partial charge is 0.101 e. The van der Waals surface area contributed by atoms with Crippen LogP contribution in [0.5, 0.6) is 0 Å². The molecule has 3 saturated carbocycles. The second-order valence-corrected chi connectivity index (χ2v) is 10.3. The number of hydrogen-bond donors (Lipinski definition) is 0. The molecule has 2 heteroatoms. The number of rotatable bonds is 8. The van der Waals surface area contributed by atoms with Gasteiger partial charge in [0.1, 0.15) is 12.1 Å². The summed E-state index contributed by atoms with van der Waals surface area (Å²) in [5.41, 5.74) is 6.24. The van der Waals surface area contributed by atoms with E-state index >= 15 is 0 Å². The van der Waals surface area contributed by atoms with E-state index in [2.05, 4.69) is 62.4 Å². The van der Waals surface area contributed by atoms with Crippen molar-refractivity contribution < 1.29 is 0 Å². The molecule has 0 radical (unpaired) electrons. The molecule has 0 N–H and O–H groups in total. The Kier molecular flexibility index (Phi) is 6.71. The van der Waals surface area contributed by atoms with E-state index in [1.807, 2.05) is 0 Å². The molecule has 0 saturated heterocycles. The van der Waals surface area contributed by atoms with Gasteiger partial charge in [0.05, 0.1) is 11.1 Å². The molecule has 0 amide bonds. The van der Waals surface area contributed by atoms with Crippen molar-refractivity contribution in [2.75, 3.05) is 0 Å². The minimum atomic E-state index is 0.0911. The quantitative estimate of drug-likeness (QED) is 0.401. The van der Waals surface area contributed by atoms with Gasteiger partial charge in [-0.3, -0.25) is 0 Å². The molecule has 2 aromatic rings. The third-order valence-electron chi connectivity index (χ3n) is 8.52.